The highest BCUT2D eigenvalue weighted by Gasteiger charge is 2.15. The number of ether oxygens (including phenoxy) is 3. The number of methoxy groups -OCH3 is 1. The Morgan fingerprint density at radius 1 is 1.38 bits per heavy atom. The zero-order chi connectivity index (χ0) is 18.6. The average molecular weight is 384 g/mol. The predicted molar refractivity (Wildman–Crippen MR) is 105 cm³/mol. The van der Waals surface area contributed by atoms with Gasteiger partial charge in [-0.3, -0.25) is 0 Å². The number of rotatable bonds is 10. The average Bonchev–Trinajstić information content (AvgIpc) is 3.16. The highest BCUT2D eigenvalue weighted by atomic mass is 35.5. The van der Waals surface area contributed by atoms with Gasteiger partial charge in [0.05, 0.1) is 26.9 Å². The Hall–Kier alpha value is -1.50. The van der Waals surface area contributed by atoms with E-state index in [4.69, 9.17) is 25.8 Å². The third-order valence-electron chi connectivity index (χ3n) is 4.14. The van der Waals surface area contributed by atoms with Crippen molar-refractivity contribution in [3.63, 3.8) is 0 Å². The number of halogens is 1. The van der Waals surface area contributed by atoms with Gasteiger partial charge in [-0.2, -0.15) is 0 Å². The lowest BCUT2D eigenvalue weighted by atomic mass is 10.1. The van der Waals surface area contributed by atoms with Gasteiger partial charge in [-0.05, 0) is 31.9 Å². The topological polar surface area (TPSA) is 64.1 Å². The Bertz CT molecular complexity index is 563. The molecule has 146 valence electrons. The molecule has 1 heterocycles. The molecule has 0 aliphatic carbocycles. The predicted octanol–water partition coefficient (Wildman–Crippen LogP) is 2.85. The van der Waals surface area contributed by atoms with Crippen LogP contribution in [0.4, 0.5) is 0 Å². The van der Waals surface area contributed by atoms with Gasteiger partial charge in [0, 0.05) is 42.8 Å². The number of nitrogens with zero attached hydrogens (tertiary/aromatic N) is 1. The summed E-state index contributed by atoms with van der Waals surface area (Å²) < 4.78 is 16.4. The van der Waals surface area contributed by atoms with Crippen molar-refractivity contribution >= 4 is 17.6 Å². The van der Waals surface area contributed by atoms with E-state index < -0.39 is 0 Å². The van der Waals surface area contributed by atoms with Crippen LogP contribution in [-0.4, -0.2) is 52.6 Å². The minimum absolute atomic E-state index is 0.522. The second-order valence-corrected chi connectivity index (χ2v) is 6.67. The molecule has 1 unspecified atom stereocenters. The second kappa shape index (κ2) is 12.0. The summed E-state index contributed by atoms with van der Waals surface area (Å²) in [5.74, 6) is 2.10. The summed E-state index contributed by atoms with van der Waals surface area (Å²) >= 11 is 6.00. The first-order chi connectivity index (χ1) is 12.7. The van der Waals surface area contributed by atoms with Crippen LogP contribution in [-0.2, 0) is 16.0 Å². The van der Waals surface area contributed by atoms with E-state index in [0.29, 0.717) is 17.5 Å². The summed E-state index contributed by atoms with van der Waals surface area (Å²) in [6.07, 6.45) is 2.05. The maximum absolute atomic E-state index is 6.00. The van der Waals surface area contributed by atoms with Crippen molar-refractivity contribution in [3.8, 4) is 5.75 Å². The van der Waals surface area contributed by atoms with Crippen LogP contribution in [0.3, 0.4) is 0 Å². The number of guanidine groups is 1. The summed E-state index contributed by atoms with van der Waals surface area (Å²) in [5, 5.41) is 7.24. The quantitative estimate of drug-likeness (QED) is 0.369. The van der Waals surface area contributed by atoms with E-state index in [1.54, 1.807) is 13.2 Å². The number of hydrogen-bond donors (Lipinski definition) is 2. The molecule has 0 bridgehead atoms. The number of hydrogen-bond acceptors (Lipinski definition) is 4. The minimum Gasteiger partial charge on any atom is -0.496 e. The van der Waals surface area contributed by atoms with Gasteiger partial charge in [0.1, 0.15) is 5.75 Å². The second-order valence-electron chi connectivity index (χ2n) is 6.24. The molecule has 1 aromatic rings. The molecule has 7 heteroatoms. The van der Waals surface area contributed by atoms with E-state index in [1.165, 1.54) is 0 Å². The van der Waals surface area contributed by atoms with Crippen molar-refractivity contribution in [2.24, 2.45) is 10.9 Å². The van der Waals surface area contributed by atoms with E-state index in [2.05, 4.69) is 15.6 Å². The lowest BCUT2D eigenvalue weighted by Gasteiger charge is -2.13. The Morgan fingerprint density at radius 2 is 2.27 bits per heavy atom. The van der Waals surface area contributed by atoms with Gasteiger partial charge in [0.2, 0.25) is 0 Å². The highest BCUT2D eigenvalue weighted by Crippen LogP contribution is 2.23. The van der Waals surface area contributed by atoms with Gasteiger partial charge < -0.3 is 24.8 Å². The molecule has 0 amide bonds. The maximum Gasteiger partial charge on any atom is 0.191 e. The van der Waals surface area contributed by atoms with Crippen LogP contribution in [0.2, 0.25) is 5.02 Å². The largest absolute Gasteiger partial charge is 0.496 e. The van der Waals surface area contributed by atoms with Crippen LogP contribution in [0, 0.1) is 5.92 Å². The van der Waals surface area contributed by atoms with Crippen molar-refractivity contribution in [2.75, 3.05) is 46.6 Å². The van der Waals surface area contributed by atoms with Crippen molar-refractivity contribution < 1.29 is 14.2 Å². The van der Waals surface area contributed by atoms with E-state index in [0.717, 1.165) is 69.6 Å². The first-order valence-corrected chi connectivity index (χ1v) is 9.60. The fourth-order valence-electron chi connectivity index (χ4n) is 2.70. The SMILES string of the molecule is CCNC(=NCc1ccc(Cl)cc1OC)NCCCOCC1CCOC1. The van der Waals surface area contributed by atoms with Crippen molar-refractivity contribution in [3.05, 3.63) is 28.8 Å². The van der Waals surface area contributed by atoms with Crippen LogP contribution in [0.25, 0.3) is 0 Å². The van der Waals surface area contributed by atoms with Gasteiger partial charge in [-0.15, -0.1) is 0 Å². The van der Waals surface area contributed by atoms with Crippen LogP contribution in [0.5, 0.6) is 5.75 Å². The van der Waals surface area contributed by atoms with Crippen LogP contribution >= 0.6 is 11.6 Å². The molecule has 0 spiro atoms. The first-order valence-electron chi connectivity index (χ1n) is 9.23. The van der Waals surface area contributed by atoms with E-state index >= 15 is 0 Å². The van der Waals surface area contributed by atoms with E-state index in [9.17, 15) is 0 Å². The summed E-state index contributed by atoms with van der Waals surface area (Å²) in [6.45, 7) is 7.44. The molecule has 26 heavy (non-hydrogen) atoms. The van der Waals surface area contributed by atoms with E-state index in [-0.39, 0.29) is 0 Å². The van der Waals surface area contributed by atoms with Crippen molar-refractivity contribution in [2.45, 2.75) is 26.3 Å². The van der Waals surface area contributed by atoms with Crippen LogP contribution in [0.15, 0.2) is 23.2 Å². The molecule has 1 aromatic carbocycles. The molecule has 0 aromatic heterocycles. The molecule has 2 rings (SSSR count). The Balaban J connectivity index is 1.72. The summed E-state index contributed by atoms with van der Waals surface area (Å²) in [4.78, 5) is 4.62. The maximum atomic E-state index is 6.00. The van der Waals surface area contributed by atoms with Crippen LogP contribution < -0.4 is 15.4 Å². The zero-order valence-electron chi connectivity index (χ0n) is 15.7. The molecular formula is C19H30ClN3O3. The van der Waals surface area contributed by atoms with Gasteiger partial charge >= 0.3 is 0 Å². The normalized spacial score (nSPS) is 17.3. The molecule has 1 fully saturated rings. The molecule has 1 saturated heterocycles. The van der Waals surface area contributed by atoms with Gasteiger partial charge in [0.25, 0.3) is 0 Å². The van der Waals surface area contributed by atoms with Crippen molar-refractivity contribution in [1.29, 1.82) is 0 Å². The molecule has 6 nitrogen and oxygen atoms in total. The number of nitrogens with one attached hydrogen (secondary N) is 2. The third-order valence-corrected chi connectivity index (χ3v) is 4.37. The lowest BCUT2D eigenvalue weighted by molar-refractivity contribution is 0.0888. The van der Waals surface area contributed by atoms with Crippen LogP contribution in [0.1, 0.15) is 25.3 Å². The molecule has 1 aliphatic heterocycles. The molecule has 0 radical (unpaired) electrons. The molecule has 2 N–H and O–H groups in total. The fourth-order valence-corrected chi connectivity index (χ4v) is 2.86. The molecule has 1 atom stereocenters. The minimum atomic E-state index is 0.522. The smallest absolute Gasteiger partial charge is 0.191 e. The Labute approximate surface area is 161 Å². The number of aliphatic imine (C=N–C) groups is 1. The Morgan fingerprint density at radius 3 is 3.00 bits per heavy atom. The van der Waals surface area contributed by atoms with E-state index in [1.807, 2.05) is 19.1 Å². The summed E-state index contributed by atoms with van der Waals surface area (Å²) in [7, 11) is 1.64. The number of benzene rings is 1. The summed E-state index contributed by atoms with van der Waals surface area (Å²) in [5.41, 5.74) is 0.996. The van der Waals surface area contributed by atoms with Gasteiger partial charge in [0.15, 0.2) is 5.96 Å². The Kier molecular flexibility index (Phi) is 9.60. The third kappa shape index (κ3) is 7.40. The highest BCUT2D eigenvalue weighted by molar-refractivity contribution is 6.30. The summed E-state index contributed by atoms with van der Waals surface area (Å²) in [6, 6.07) is 5.59. The molecular weight excluding hydrogens is 354 g/mol. The first kappa shape index (κ1) is 20.8. The molecule has 0 saturated carbocycles. The van der Waals surface area contributed by atoms with Crippen molar-refractivity contribution in [1.82, 2.24) is 10.6 Å². The lowest BCUT2D eigenvalue weighted by Crippen LogP contribution is -2.38. The monoisotopic (exact) mass is 383 g/mol. The standard InChI is InChI=1S/C19H30ClN3O3/c1-3-21-19(22-8-4-9-25-13-15-7-10-26-14-15)23-12-16-5-6-17(20)11-18(16)24-2/h5-6,11,15H,3-4,7-10,12-14H2,1-2H3,(H2,21,22,23). The van der Waals surface area contributed by atoms with Gasteiger partial charge in [-0.1, -0.05) is 17.7 Å². The fraction of sp³-hybridized carbons (Fsp3) is 0.632. The molecule has 1 aliphatic rings. The van der Waals surface area contributed by atoms with Gasteiger partial charge in [-0.25, -0.2) is 4.99 Å². The zero-order valence-corrected chi connectivity index (χ0v) is 16.5.